The molecule has 0 saturated carbocycles. The molecule has 2 aliphatic rings. The first-order valence-electron chi connectivity index (χ1n) is 11.4. The standard InChI is InChI=1S/C25H25ClF3N3O2/c26-19-6-7-21-20(14-19)30-22(34-21)18-8-11-32(12-9-18)23(33)24(25(27,28)29)10-13-31(16-24)15-17-4-2-1-3-5-17/h1-7,14,18H,8-13,15-16H2. The van der Waals surface area contributed by atoms with E-state index in [9.17, 15) is 18.0 Å². The number of fused-ring (bicyclic) bond motifs is 1. The van der Waals surface area contributed by atoms with Crippen LogP contribution in [-0.2, 0) is 11.3 Å². The second kappa shape index (κ2) is 8.89. The van der Waals surface area contributed by atoms with Crippen LogP contribution in [-0.4, -0.2) is 53.0 Å². The lowest BCUT2D eigenvalue weighted by Crippen LogP contribution is -2.55. The summed E-state index contributed by atoms with van der Waals surface area (Å²) in [7, 11) is 0. The number of amides is 1. The van der Waals surface area contributed by atoms with Crippen molar-refractivity contribution in [3.63, 3.8) is 0 Å². The van der Waals surface area contributed by atoms with Gasteiger partial charge in [-0.3, -0.25) is 9.69 Å². The second-order valence-corrected chi connectivity index (χ2v) is 9.69. The molecular formula is C25H25ClF3N3O2. The van der Waals surface area contributed by atoms with Crippen molar-refractivity contribution in [3.8, 4) is 0 Å². The van der Waals surface area contributed by atoms with Crippen LogP contribution in [0.15, 0.2) is 52.9 Å². The van der Waals surface area contributed by atoms with Crippen LogP contribution < -0.4 is 0 Å². The van der Waals surface area contributed by atoms with Gasteiger partial charge in [0.05, 0.1) is 0 Å². The van der Waals surface area contributed by atoms with E-state index in [0.29, 0.717) is 41.4 Å². The molecule has 3 heterocycles. The van der Waals surface area contributed by atoms with Gasteiger partial charge in [0.15, 0.2) is 16.9 Å². The molecule has 0 bridgehead atoms. The zero-order valence-electron chi connectivity index (χ0n) is 18.5. The minimum absolute atomic E-state index is 0.0461. The number of carbonyl (C=O) groups excluding carboxylic acids is 1. The lowest BCUT2D eigenvalue weighted by atomic mass is 9.83. The van der Waals surface area contributed by atoms with Crippen molar-refractivity contribution in [2.45, 2.75) is 37.9 Å². The van der Waals surface area contributed by atoms with E-state index in [2.05, 4.69) is 4.98 Å². The Labute approximate surface area is 200 Å². The van der Waals surface area contributed by atoms with Gasteiger partial charge in [-0.2, -0.15) is 13.2 Å². The maximum Gasteiger partial charge on any atom is 0.404 e. The summed E-state index contributed by atoms with van der Waals surface area (Å²) in [5.74, 6) is -0.307. The quantitative estimate of drug-likeness (QED) is 0.474. The minimum atomic E-state index is -4.61. The normalized spacial score (nSPS) is 22.5. The highest BCUT2D eigenvalue weighted by Gasteiger charge is 2.64. The Morgan fingerprint density at radius 3 is 2.56 bits per heavy atom. The number of hydrogen-bond donors (Lipinski definition) is 0. The third kappa shape index (κ3) is 4.29. The number of halogens is 4. The first kappa shape index (κ1) is 23.2. The van der Waals surface area contributed by atoms with E-state index in [1.54, 1.807) is 23.1 Å². The zero-order valence-corrected chi connectivity index (χ0v) is 19.3. The molecule has 9 heteroatoms. The topological polar surface area (TPSA) is 49.6 Å². The Hall–Kier alpha value is -2.58. The van der Waals surface area contributed by atoms with E-state index in [0.717, 1.165) is 5.56 Å². The number of oxazole rings is 1. The summed E-state index contributed by atoms with van der Waals surface area (Å²) in [6.07, 6.45) is -3.80. The lowest BCUT2D eigenvalue weighted by Gasteiger charge is -2.38. The predicted octanol–water partition coefficient (Wildman–Crippen LogP) is 5.64. The number of alkyl halides is 3. The minimum Gasteiger partial charge on any atom is -0.440 e. The van der Waals surface area contributed by atoms with E-state index in [1.807, 2.05) is 30.3 Å². The number of likely N-dealkylation sites (tertiary alicyclic amines) is 2. The lowest BCUT2D eigenvalue weighted by molar-refractivity contribution is -0.224. The van der Waals surface area contributed by atoms with Crippen LogP contribution in [0, 0.1) is 5.41 Å². The molecule has 1 unspecified atom stereocenters. The molecule has 1 atom stereocenters. The van der Waals surface area contributed by atoms with Crippen LogP contribution >= 0.6 is 11.6 Å². The fraction of sp³-hybridized carbons (Fsp3) is 0.440. The number of benzene rings is 2. The van der Waals surface area contributed by atoms with E-state index in [-0.39, 0.29) is 38.5 Å². The summed E-state index contributed by atoms with van der Waals surface area (Å²) in [4.78, 5) is 20.9. The molecular weight excluding hydrogens is 467 g/mol. The zero-order chi connectivity index (χ0) is 23.9. The van der Waals surface area contributed by atoms with Gasteiger partial charge in [0.1, 0.15) is 5.52 Å². The molecule has 2 saturated heterocycles. The molecule has 2 aliphatic heterocycles. The number of rotatable bonds is 4. The van der Waals surface area contributed by atoms with Crippen molar-refractivity contribution in [1.29, 1.82) is 0 Å². The van der Waals surface area contributed by atoms with Gasteiger partial charge in [-0.05, 0) is 49.6 Å². The van der Waals surface area contributed by atoms with Crippen LogP contribution in [0.3, 0.4) is 0 Å². The average Bonchev–Trinajstić information content (AvgIpc) is 3.44. The highest BCUT2D eigenvalue weighted by atomic mass is 35.5. The number of aromatic nitrogens is 1. The van der Waals surface area contributed by atoms with Crippen LogP contribution in [0.25, 0.3) is 11.1 Å². The van der Waals surface area contributed by atoms with Crippen molar-refractivity contribution in [3.05, 3.63) is 65.0 Å². The molecule has 5 rings (SSSR count). The van der Waals surface area contributed by atoms with E-state index >= 15 is 0 Å². The molecule has 5 nitrogen and oxygen atoms in total. The van der Waals surface area contributed by atoms with Crippen molar-refractivity contribution in [2.24, 2.45) is 5.41 Å². The SMILES string of the molecule is O=C(N1CCC(c2nc3cc(Cl)ccc3o2)CC1)C1(C(F)(F)F)CCN(Cc2ccccc2)C1. The highest BCUT2D eigenvalue weighted by Crippen LogP contribution is 2.48. The third-order valence-corrected chi connectivity index (χ3v) is 7.28. The van der Waals surface area contributed by atoms with Crippen molar-refractivity contribution in [2.75, 3.05) is 26.2 Å². The molecule has 0 aliphatic carbocycles. The Morgan fingerprint density at radius 1 is 1.12 bits per heavy atom. The van der Waals surface area contributed by atoms with Crippen LogP contribution in [0.2, 0.25) is 5.02 Å². The molecule has 0 N–H and O–H groups in total. The van der Waals surface area contributed by atoms with E-state index in [4.69, 9.17) is 16.0 Å². The number of hydrogen-bond acceptors (Lipinski definition) is 4. The van der Waals surface area contributed by atoms with Crippen LogP contribution in [0.4, 0.5) is 13.2 Å². The Morgan fingerprint density at radius 2 is 1.85 bits per heavy atom. The van der Waals surface area contributed by atoms with Crippen LogP contribution in [0.1, 0.15) is 36.6 Å². The van der Waals surface area contributed by atoms with Crippen molar-refractivity contribution in [1.82, 2.24) is 14.8 Å². The smallest absolute Gasteiger partial charge is 0.404 e. The summed E-state index contributed by atoms with van der Waals surface area (Å²) in [6, 6.07) is 14.6. The summed E-state index contributed by atoms with van der Waals surface area (Å²) < 4.78 is 48.8. The maximum atomic E-state index is 14.3. The second-order valence-electron chi connectivity index (χ2n) is 9.26. The number of nitrogens with zero attached hydrogens (tertiary/aromatic N) is 3. The predicted molar refractivity (Wildman–Crippen MR) is 122 cm³/mol. The molecule has 180 valence electrons. The molecule has 2 aromatic carbocycles. The number of carbonyl (C=O) groups is 1. The van der Waals surface area contributed by atoms with Gasteiger partial charge < -0.3 is 9.32 Å². The van der Waals surface area contributed by atoms with Gasteiger partial charge in [-0.15, -0.1) is 0 Å². The van der Waals surface area contributed by atoms with Gasteiger partial charge in [-0.25, -0.2) is 4.98 Å². The van der Waals surface area contributed by atoms with Crippen LogP contribution in [0.5, 0.6) is 0 Å². The van der Waals surface area contributed by atoms with Crippen molar-refractivity contribution >= 4 is 28.6 Å². The van der Waals surface area contributed by atoms with Gasteiger partial charge in [0.25, 0.3) is 0 Å². The first-order chi connectivity index (χ1) is 16.2. The Balaban J connectivity index is 1.27. The van der Waals surface area contributed by atoms with Crippen molar-refractivity contribution < 1.29 is 22.4 Å². The van der Waals surface area contributed by atoms with Gasteiger partial charge in [-0.1, -0.05) is 41.9 Å². The molecule has 34 heavy (non-hydrogen) atoms. The summed E-state index contributed by atoms with van der Waals surface area (Å²) in [5.41, 5.74) is -0.142. The fourth-order valence-electron chi connectivity index (χ4n) is 5.12. The summed E-state index contributed by atoms with van der Waals surface area (Å²) in [5, 5.41) is 0.558. The van der Waals surface area contributed by atoms with Gasteiger partial charge in [0.2, 0.25) is 5.91 Å². The van der Waals surface area contributed by atoms with E-state index < -0.39 is 17.5 Å². The number of piperidine rings is 1. The molecule has 3 aromatic rings. The summed E-state index contributed by atoms with van der Waals surface area (Å²) >= 11 is 6.01. The molecule has 0 radical (unpaired) electrons. The molecule has 0 spiro atoms. The molecule has 2 fully saturated rings. The Bertz CT molecular complexity index is 1180. The van der Waals surface area contributed by atoms with Gasteiger partial charge >= 0.3 is 6.18 Å². The third-order valence-electron chi connectivity index (χ3n) is 7.05. The maximum absolute atomic E-state index is 14.3. The fourth-order valence-corrected chi connectivity index (χ4v) is 5.28. The summed E-state index contributed by atoms with van der Waals surface area (Å²) in [6.45, 7) is 0.826. The average molecular weight is 492 g/mol. The molecule has 1 aromatic heterocycles. The Kier molecular flexibility index (Phi) is 6.06. The van der Waals surface area contributed by atoms with E-state index in [1.165, 1.54) is 4.90 Å². The molecule has 1 amide bonds. The largest absolute Gasteiger partial charge is 0.440 e. The highest BCUT2D eigenvalue weighted by molar-refractivity contribution is 6.31. The monoisotopic (exact) mass is 491 g/mol. The van der Waals surface area contributed by atoms with Gasteiger partial charge in [0, 0.05) is 37.1 Å². The first-order valence-corrected chi connectivity index (χ1v) is 11.8.